The summed E-state index contributed by atoms with van der Waals surface area (Å²) in [4.78, 5) is 6.83. The number of benzene rings is 1. The number of aromatic nitrogens is 2. The quantitative estimate of drug-likeness (QED) is 0.356. The van der Waals surface area contributed by atoms with Crippen molar-refractivity contribution in [3.05, 3.63) is 52.8 Å². The van der Waals surface area contributed by atoms with Gasteiger partial charge >= 0.3 is 0 Å². The van der Waals surface area contributed by atoms with Gasteiger partial charge in [-0.15, -0.1) is 24.0 Å². The van der Waals surface area contributed by atoms with E-state index in [0.717, 1.165) is 29.8 Å². The summed E-state index contributed by atoms with van der Waals surface area (Å²) in [5.74, 6) is 0.796. The summed E-state index contributed by atoms with van der Waals surface area (Å²) in [5, 5.41) is 11.6. The lowest BCUT2D eigenvalue weighted by Gasteiger charge is -2.26. The SMILES string of the molecule is CCNC(=NCc1ccnn1C)NCC(c1ccc(Cl)cc1)N(C)C.I. The van der Waals surface area contributed by atoms with Gasteiger partial charge in [-0.25, -0.2) is 4.99 Å². The first-order chi connectivity index (χ1) is 12.0. The predicted octanol–water partition coefficient (Wildman–Crippen LogP) is 3.05. The largest absolute Gasteiger partial charge is 0.357 e. The van der Waals surface area contributed by atoms with Crippen LogP contribution in [0, 0.1) is 0 Å². The van der Waals surface area contributed by atoms with Crippen LogP contribution in [-0.2, 0) is 13.6 Å². The Hall–Kier alpha value is -1.32. The summed E-state index contributed by atoms with van der Waals surface area (Å²) in [7, 11) is 6.06. The Labute approximate surface area is 178 Å². The first kappa shape index (κ1) is 22.7. The fourth-order valence-corrected chi connectivity index (χ4v) is 2.66. The second-order valence-electron chi connectivity index (χ2n) is 6.05. The average Bonchev–Trinajstić information content (AvgIpc) is 2.99. The minimum atomic E-state index is 0. The molecule has 1 aromatic heterocycles. The van der Waals surface area contributed by atoms with Crippen LogP contribution in [0.1, 0.15) is 24.2 Å². The number of halogens is 2. The van der Waals surface area contributed by atoms with Gasteiger partial charge in [-0.3, -0.25) is 4.68 Å². The van der Waals surface area contributed by atoms with Crippen molar-refractivity contribution in [3.8, 4) is 0 Å². The van der Waals surface area contributed by atoms with Gasteiger partial charge in [-0.1, -0.05) is 23.7 Å². The lowest BCUT2D eigenvalue weighted by Crippen LogP contribution is -2.41. The first-order valence-electron chi connectivity index (χ1n) is 8.42. The Morgan fingerprint density at radius 1 is 1.23 bits per heavy atom. The van der Waals surface area contributed by atoms with E-state index >= 15 is 0 Å². The molecule has 2 aromatic rings. The summed E-state index contributed by atoms with van der Waals surface area (Å²) in [6.07, 6.45) is 1.79. The minimum Gasteiger partial charge on any atom is -0.357 e. The van der Waals surface area contributed by atoms with Crippen molar-refractivity contribution in [2.75, 3.05) is 27.2 Å². The van der Waals surface area contributed by atoms with Gasteiger partial charge in [-0.05, 0) is 44.8 Å². The third-order valence-corrected chi connectivity index (χ3v) is 4.26. The summed E-state index contributed by atoms with van der Waals surface area (Å²) >= 11 is 6.00. The molecule has 2 rings (SSSR count). The number of hydrogen-bond acceptors (Lipinski definition) is 3. The van der Waals surface area contributed by atoms with Crippen LogP contribution in [0.2, 0.25) is 5.02 Å². The van der Waals surface area contributed by atoms with Gasteiger partial charge < -0.3 is 15.5 Å². The lowest BCUT2D eigenvalue weighted by molar-refractivity contribution is 0.298. The van der Waals surface area contributed by atoms with Crippen molar-refractivity contribution in [1.82, 2.24) is 25.3 Å². The van der Waals surface area contributed by atoms with Crippen LogP contribution in [0.25, 0.3) is 0 Å². The normalized spacial score (nSPS) is 12.6. The zero-order chi connectivity index (χ0) is 18.2. The molecule has 0 spiro atoms. The highest BCUT2D eigenvalue weighted by Gasteiger charge is 2.14. The maximum Gasteiger partial charge on any atom is 0.191 e. The maximum atomic E-state index is 6.00. The number of likely N-dealkylation sites (N-methyl/N-ethyl adjacent to an activating group) is 1. The molecule has 6 nitrogen and oxygen atoms in total. The Bertz CT molecular complexity index is 683. The molecule has 0 saturated heterocycles. The molecule has 0 bridgehead atoms. The molecule has 144 valence electrons. The van der Waals surface area contributed by atoms with Gasteiger partial charge in [0.2, 0.25) is 0 Å². The number of nitrogens with one attached hydrogen (secondary N) is 2. The summed E-state index contributed by atoms with van der Waals surface area (Å²) < 4.78 is 1.84. The van der Waals surface area contributed by atoms with E-state index in [1.54, 1.807) is 6.20 Å². The molecule has 0 aliphatic heterocycles. The Morgan fingerprint density at radius 2 is 1.92 bits per heavy atom. The van der Waals surface area contributed by atoms with E-state index in [1.165, 1.54) is 5.56 Å². The number of aryl methyl sites for hydroxylation is 1. The summed E-state index contributed by atoms with van der Waals surface area (Å²) in [6, 6.07) is 10.2. The number of rotatable bonds is 7. The molecule has 1 aromatic carbocycles. The smallest absolute Gasteiger partial charge is 0.191 e. The van der Waals surface area contributed by atoms with E-state index in [4.69, 9.17) is 11.6 Å². The zero-order valence-electron chi connectivity index (χ0n) is 15.7. The molecule has 1 unspecified atom stereocenters. The van der Waals surface area contributed by atoms with Crippen LogP contribution >= 0.6 is 35.6 Å². The van der Waals surface area contributed by atoms with Crippen molar-refractivity contribution in [3.63, 3.8) is 0 Å². The average molecular weight is 491 g/mol. The van der Waals surface area contributed by atoms with Crippen LogP contribution in [0.4, 0.5) is 0 Å². The molecule has 26 heavy (non-hydrogen) atoms. The molecule has 1 atom stereocenters. The molecule has 0 radical (unpaired) electrons. The second-order valence-corrected chi connectivity index (χ2v) is 6.49. The second kappa shape index (κ2) is 11.4. The fraction of sp³-hybridized carbons (Fsp3) is 0.444. The van der Waals surface area contributed by atoms with Crippen molar-refractivity contribution in [2.24, 2.45) is 12.0 Å². The number of nitrogens with zero attached hydrogens (tertiary/aromatic N) is 4. The van der Waals surface area contributed by atoms with Crippen molar-refractivity contribution >= 4 is 41.5 Å². The van der Waals surface area contributed by atoms with Gasteiger partial charge in [0.1, 0.15) is 0 Å². The monoisotopic (exact) mass is 490 g/mol. The van der Waals surface area contributed by atoms with E-state index < -0.39 is 0 Å². The van der Waals surface area contributed by atoms with Gasteiger partial charge in [0.25, 0.3) is 0 Å². The molecule has 0 saturated carbocycles. The van der Waals surface area contributed by atoms with E-state index in [-0.39, 0.29) is 30.0 Å². The van der Waals surface area contributed by atoms with Crippen LogP contribution in [0.5, 0.6) is 0 Å². The summed E-state index contributed by atoms with van der Waals surface area (Å²) in [6.45, 7) is 4.19. The standard InChI is InChI=1S/C18H27ClN6.HI/c1-5-20-18(21-12-16-10-11-23-25(16)4)22-13-17(24(2)3)14-6-8-15(19)9-7-14;/h6-11,17H,5,12-13H2,1-4H3,(H2,20,21,22);1H. The Morgan fingerprint density at radius 3 is 2.46 bits per heavy atom. The van der Waals surface area contributed by atoms with Crippen LogP contribution in [-0.4, -0.2) is 47.8 Å². The van der Waals surface area contributed by atoms with Crippen molar-refractivity contribution < 1.29 is 0 Å². The van der Waals surface area contributed by atoms with Crippen LogP contribution in [0.3, 0.4) is 0 Å². The molecule has 8 heteroatoms. The fourth-order valence-electron chi connectivity index (χ4n) is 2.54. The van der Waals surface area contributed by atoms with Crippen LogP contribution in [0.15, 0.2) is 41.5 Å². The molecule has 0 aliphatic rings. The predicted molar refractivity (Wildman–Crippen MR) is 119 cm³/mol. The molecule has 0 amide bonds. The highest BCUT2D eigenvalue weighted by Crippen LogP contribution is 2.19. The van der Waals surface area contributed by atoms with Gasteiger partial charge in [-0.2, -0.15) is 5.10 Å². The Balaban J connectivity index is 0.00000338. The van der Waals surface area contributed by atoms with Crippen LogP contribution < -0.4 is 10.6 Å². The molecule has 0 aliphatic carbocycles. The third-order valence-electron chi connectivity index (χ3n) is 4.01. The van der Waals surface area contributed by atoms with E-state index in [1.807, 2.05) is 29.9 Å². The number of guanidine groups is 1. The lowest BCUT2D eigenvalue weighted by atomic mass is 10.1. The zero-order valence-corrected chi connectivity index (χ0v) is 18.8. The molecule has 2 N–H and O–H groups in total. The van der Waals surface area contributed by atoms with Gasteiger partial charge in [0.05, 0.1) is 18.3 Å². The number of hydrogen-bond donors (Lipinski definition) is 2. The molecule has 1 heterocycles. The van der Waals surface area contributed by atoms with Crippen molar-refractivity contribution in [1.29, 1.82) is 0 Å². The van der Waals surface area contributed by atoms with Gasteiger partial charge in [0.15, 0.2) is 5.96 Å². The molecular formula is C18H28ClIN6. The highest BCUT2D eigenvalue weighted by atomic mass is 127. The highest BCUT2D eigenvalue weighted by molar-refractivity contribution is 14.0. The maximum absolute atomic E-state index is 6.00. The molecular weight excluding hydrogens is 463 g/mol. The van der Waals surface area contributed by atoms with E-state index in [2.05, 4.69) is 58.8 Å². The Kier molecular flexibility index (Phi) is 9.97. The molecule has 0 fully saturated rings. The van der Waals surface area contributed by atoms with E-state index in [9.17, 15) is 0 Å². The topological polar surface area (TPSA) is 57.5 Å². The van der Waals surface area contributed by atoms with E-state index in [0.29, 0.717) is 6.54 Å². The number of aliphatic imine (C=N–C) groups is 1. The van der Waals surface area contributed by atoms with Gasteiger partial charge in [0, 0.05) is 31.4 Å². The third kappa shape index (κ3) is 6.77. The van der Waals surface area contributed by atoms with Crippen molar-refractivity contribution in [2.45, 2.75) is 19.5 Å². The summed E-state index contributed by atoms with van der Waals surface area (Å²) in [5.41, 5.74) is 2.28. The minimum absolute atomic E-state index is 0. The first-order valence-corrected chi connectivity index (χ1v) is 8.80.